The molecule has 0 aromatic rings. The minimum absolute atomic E-state index is 0.0460. The molecule has 1 fully saturated rings. The maximum atomic E-state index is 10.0. The summed E-state index contributed by atoms with van der Waals surface area (Å²) in [6, 6.07) is 0. The van der Waals surface area contributed by atoms with Gasteiger partial charge >= 0.3 is 7.48 Å². The van der Waals surface area contributed by atoms with Crippen molar-refractivity contribution in [3.05, 3.63) is 11.5 Å². The molecule has 0 saturated carbocycles. The normalized spacial score (nSPS) is 23.5. The Morgan fingerprint density at radius 1 is 1.41 bits per heavy atom. The SMILES string of the molecule is CC(C)(O)C(C)(C)O[B]C1=CCNC12COC2. The molecular formula is C12H21BNO3. The summed E-state index contributed by atoms with van der Waals surface area (Å²) in [4.78, 5) is 0. The Hall–Kier alpha value is -0.355. The average molecular weight is 238 g/mol. The van der Waals surface area contributed by atoms with Crippen molar-refractivity contribution in [2.24, 2.45) is 0 Å². The third kappa shape index (κ3) is 2.29. The topological polar surface area (TPSA) is 50.7 Å². The van der Waals surface area contributed by atoms with Gasteiger partial charge in [-0.05, 0) is 27.7 Å². The summed E-state index contributed by atoms with van der Waals surface area (Å²) in [5, 5.41) is 13.4. The van der Waals surface area contributed by atoms with E-state index in [1.54, 1.807) is 21.3 Å². The van der Waals surface area contributed by atoms with E-state index in [2.05, 4.69) is 11.4 Å². The van der Waals surface area contributed by atoms with Crippen molar-refractivity contribution in [2.45, 2.75) is 44.4 Å². The van der Waals surface area contributed by atoms with Crippen LogP contribution in [0.2, 0.25) is 0 Å². The molecule has 1 spiro atoms. The first-order valence-corrected chi connectivity index (χ1v) is 6.04. The highest BCUT2D eigenvalue weighted by atomic mass is 16.5. The largest absolute Gasteiger partial charge is 0.427 e. The first-order chi connectivity index (χ1) is 7.77. The van der Waals surface area contributed by atoms with Crippen molar-refractivity contribution in [1.29, 1.82) is 0 Å². The molecule has 2 aliphatic rings. The van der Waals surface area contributed by atoms with Crippen molar-refractivity contribution in [3.63, 3.8) is 0 Å². The van der Waals surface area contributed by atoms with Gasteiger partial charge in [0.1, 0.15) is 0 Å². The van der Waals surface area contributed by atoms with Crippen molar-refractivity contribution >= 4 is 7.48 Å². The Balaban J connectivity index is 1.95. The van der Waals surface area contributed by atoms with E-state index >= 15 is 0 Å². The minimum Gasteiger partial charge on any atom is -0.427 e. The molecule has 17 heavy (non-hydrogen) atoms. The third-order valence-corrected chi connectivity index (χ3v) is 3.97. The molecule has 0 atom stereocenters. The second-order valence-electron chi connectivity index (χ2n) is 5.92. The zero-order valence-corrected chi connectivity index (χ0v) is 11.0. The number of ether oxygens (including phenoxy) is 1. The van der Waals surface area contributed by atoms with Gasteiger partial charge in [-0.1, -0.05) is 11.5 Å². The molecule has 5 heteroatoms. The smallest absolute Gasteiger partial charge is 0.328 e. The molecule has 4 nitrogen and oxygen atoms in total. The number of rotatable bonds is 4. The third-order valence-electron chi connectivity index (χ3n) is 3.97. The highest BCUT2D eigenvalue weighted by Crippen LogP contribution is 2.31. The molecule has 0 unspecified atom stereocenters. The van der Waals surface area contributed by atoms with Crippen LogP contribution in [0.15, 0.2) is 11.5 Å². The molecule has 1 radical (unpaired) electrons. The van der Waals surface area contributed by atoms with E-state index in [1.165, 1.54) is 0 Å². The first kappa shape index (κ1) is 13.1. The molecule has 2 heterocycles. The van der Waals surface area contributed by atoms with Gasteiger partial charge in [0.2, 0.25) is 0 Å². The van der Waals surface area contributed by atoms with Gasteiger partial charge in [0.15, 0.2) is 0 Å². The molecule has 0 aliphatic carbocycles. The summed E-state index contributed by atoms with van der Waals surface area (Å²) in [6.45, 7) is 9.52. The van der Waals surface area contributed by atoms with Crippen molar-refractivity contribution < 1.29 is 14.5 Å². The molecule has 1 saturated heterocycles. The number of hydrogen-bond donors (Lipinski definition) is 2. The van der Waals surface area contributed by atoms with Gasteiger partial charge in [-0.3, -0.25) is 0 Å². The summed E-state index contributed by atoms with van der Waals surface area (Å²) < 4.78 is 11.0. The molecule has 0 aromatic carbocycles. The van der Waals surface area contributed by atoms with Gasteiger partial charge in [0.25, 0.3) is 0 Å². The van der Waals surface area contributed by atoms with Crippen molar-refractivity contribution in [3.8, 4) is 0 Å². The first-order valence-electron chi connectivity index (χ1n) is 6.04. The Labute approximate surface area is 104 Å². The van der Waals surface area contributed by atoms with Crippen molar-refractivity contribution in [2.75, 3.05) is 19.8 Å². The minimum atomic E-state index is -0.890. The quantitative estimate of drug-likeness (QED) is 0.697. The van der Waals surface area contributed by atoms with Gasteiger partial charge in [-0.25, -0.2) is 0 Å². The van der Waals surface area contributed by atoms with Crippen LogP contribution in [0.25, 0.3) is 0 Å². The number of hydrogen-bond acceptors (Lipinski definition) is 4. The van der Waals surface area contributed by atoms with Crippen LogP contribution in [0.4, 0.5) is 0 Å². The summed E-state index contributed by atoms with van der Waals surface area (Å²) in [5.41, 5.74) is -0.432. The second kappa shape index (κ2) is 4.09. The monoisotopic (exact) mass is 238 g/mol. The molecule has 2 aliphatic heterocycles. The van der Waals surface area contributed by atoms with Crippen LogP contribution in [0.3, 0.4) is 0 Å². The molecule has 95 valence electrons. The summed E-state index contributed by atoms with van der Waals surface area (Å²) in [7, 11) is 1.76. The van der Waals surface area contributed by atoms with Gasteiger partial charge in [-0.2, -0.15) is 0 Å². The molecule has 2 N–H and O–H groups in total. The number of aliphatic hydroxyl groups is 1. The summed E-state index contributed by atoms with van der Waals surface area (Å²) in [5.74, 6) is 0. The van der Waals surface area contributed by atoms with Crippen LogP contribution in [0.5, 0.6) is 0 Å². The maximum absolute atomic E-state index is 10.0. The van der Waals surface area contributed by atoms with E-state index in [-0.39, 0.29) is 5.54 Å². The van der Waals surface area contributed by atoms with Gasteiger partial charge in [-0.15, -0.1) is 0 Å². The van der Waals surface area contributed by atoms with E-state index in [4.69, 9.17) is 9.39 Å². The van der Waals surface area contributed by atoms with Crippen LogP contribution >= 0.6 is 0 Å². The van der Waals surface area contributed by atoms with Crippen molar-refractivity contribution in [1.82, 2.24) is 5.32 Å². The Kier molecular flexibility index (Phi) is 3.15. The van der Waals surface area contributed by atoms with E-state index < -0.39 is 11.2 Å². The lowest BCUT2D eigenvalue weighted by atomic mass is 9.71. The lowest BCUT2D eigenvalue weighted by molar-refractivity contribution is -0.0913. The fourth-order valence-corrected chi connectivity index (χ4v) is 1.74. The summed E-state index contributed by atoms with van der Waals surface area (Å²) >= 11 is 0. The lowest BCUT2D eigenvalue weighted by Gasteiger charge is -2.43. The highest BCUT2D eigenvalue weighted by molar-refractivity contribution is 6.39. The van der Waals surface area contributed by atoms with E-state index in [1.807, 2.05) is 13.8 Å². The van der Waals surface area contributed by atoms with Crippen LogP contribution < -0.4 is 5.32 Å². The van der Waals surface area contributed by atoms with Gasteiger partial charge in [0.05, 0.1) is 30.0 Å². The Morgan fingerprint density at radius 2 is 2.06 bits per heavy atom. The van der Waals surface area contributed by atoms with Gasteiger partial charge < -0.3 is 19.8 Å². The fraction of sp³-hybridized carbons (Fsp3) is 0.833. The van der Waals surface area contributed by atoms with E-state index in [0.717, 1.165) is 12.0 Å². The number of nitrogens with one attached hydrogen (secondary N) is 1. The maximum Gasteiger partial charge on any atom is 0.328 e. The predicted octanol–water partition coefficient (Wildman–Crippen LogP) is 0.428. The standard InChI is InChI=1S/C12H21BNO3/c1-10(2,15)11(3,4)17-13-9-5-6-14-12(9)7-16-8-12/h5,14-15H,6-8H2,1-4H3. The molecule has 0 amide bonds. The molecular weight excluding hydrogens is 217 g/mol. The zero-order chi connectivity index (χ0) is 12.7. The second-order valence-corrected chi connectivity index (χ2v) is 5.92. The lowest BCUT2D eigenvalue weighted by Crippen LogP contribution is -2.60. The summed E-state index contributed by atoms with van der Waals surface area (Å²) in [6.07, 6.45) is 2.11. The van der Waals surface area contributed by atoms with E-state index in [0.29, 0.717) is 13.2 Å². The molecule has 0 bridgehead atoms. The molecule has 0 aromatic heterocycles. The Morgan fingerprint density at radius 3 is 2.53 bits per heavy atom. The Bertz CT molecular complexity index is 329. The fourth-order valence-electron chi connectivity index (χ4n) is 1.74. The van der Waals surface area contributed by atoms with Crippen LogP contribution in [-0.2, 0) is 9.39 Å². The van der Waals surface area contributed by atoms with Gasteiger partial charge in [0, 0.05) is 6.54 Å². The molecule has 2 rings (SSSR count). The van der Waals surface area contributed by atoms with Crippen LogP contribution in [0, 0.1) is 0 Å². The average Bonchev–Trinajstić information content (AvgIpc) is 2.55. The van der Waals surface area contributed by atoms with Crippen LogP contribution in [-0.4, -0.2) is 49.1 Å². The van der Waals surface area contributed by atoms with E-state index in [9.17, 15) is 5.11 Å². The predicted molar refractivity (Wildman–Crippen MR) is 66.9 cm³/mol. The zero-order valence-electron chi connectivity index (χ0n) is 11.0. The highest BCUT2D eigenvalue weighted by Gasteiger charge is 2.45. The van der Waals surface area contributed by atoms with Crippen LogP contribution in [0.1, 0.15) is 27.7 Å².